The molecule has 0 aliphatic heterocycles. The second-order valence-electron chi connectivity index (χ2n) is 3.06. The lowest BCUT2D eigenvalue weighted by atomic mass is 10.0. The highest BCUT2D eigenvalue weighted by atomic mass is 16.6. The Morgan fingerprint density at radius 3 is 2.69 bits per heavy atom. The van der Waals surface area contributed by atoms with E-state index in [1.807, 2.05) is 6.92 Å². The number of hydrogen-bond donors (Lipinski definition) is 3. The second-order valence-corrected chi connectivity index (χ2v) is 3.06. The number of aliphatic hydroxyl groups is 2. The monoisotopic (exact) mass is 191 g/mol. The number of rotatable bonds is 5. The third kappa shape index (κ3) is 6.36. The van der Waals surface area contributed by atoms with Crippen molar-refractivity contribution >= 4 is 6.09 Å². The molecule has 0 aromatic rings. The average molecular weight is 191 g/mol. The molecule has 5 nitrogen and oxygen atoms in total. The molecule has 0 heterocycles. The molecule has 0 saturated carbocycles. The van der Waals surface area contributed by atoms with Crippen LogP contribution in [0.5, 0.6) is 0 Å². The van der Waals surface area contributed by atoms with E-state index < -0.39 is 11.7 Å². The number of ether oxygens (including phenoxy) is 1. The first-order chi connectivity index (χ1) is 6.02. The molecule has 0 fully saturated rings. The van der Waals surface area contributed by atoms with Gasteiger partial charge in [0.2, 0.25) is 0 Å². The number of hydrogen-bond acceptors (Lipinski definition) is 4. The van der Waals surface area contributed by atoms with Crippen molar-refractivity contribution in [3.63, 3.8) is 0 Å². The molecule has 0 spiro atoms. The average Bonchev–Trinajstić information content (AvgIpc) is 2.11. The van der Waals surface area contributed by atoms with Gasteiger partial charge in [0.15, 0.2) is 0 Å². The second kappa shape index (κ2) is 5.77. The van der Waals surface area contributed by atoms with Gasteiger partial charge in [-0.05, 0) is 13.3 Å². The largest absolute Gasteiger partial charge is 0.447 e. The predicted molar refractivity (Wildman–Crippen MR) is 47.4 cm³/mol. The third-order valence-electron chi connectivity index (χ3n) is 1.70. The Kier molecular flexibility index (Phi) is 5.41. The lowest BCUT2D eigenvalue weighted by Gasteiger charge is -2.21. The Morgan fingerprint density at radius 1 is 1.62 bits per heavy atom. The molecular weight excluding hydrogens is 174 g/mol. The summed E-state index contributed by atoms with van der Waals surface area (Å²) < 4.78 is 4.52. The molecule has 0 radical (unpaired) electrons. The van der Waals surface area contributed by atoms with E-state index in [1.165, 1.54) is 0 Å². The van der Waals surface area contributed by atoms with Crippen LogP contribution in [0.25, 0.3) is 0 Å². The lowest BCUT2D eigenvalue weighted by molar-refractivity contribution is 0.0511. The van der Waals surface area contributed by atoms with Crippen LogP contribution in [0.3, 0.4) is 0 Å². The van der Waals surface area contributed by atoms with E-state index in [4.69, 9.17) is 5.11 Å². The molecule has 0 rings (SSSR count). The van der Waals surface area contributed by atoms with Crippen molar-refractivity contribution in [3.8, 4) is 0 Å². The summed E-state index contributed by atoms with van der Waals surface area (Å²) >= 11 is 0. The predicted octanol–water partition coefficient (Wildman–Crippen LogP) is -0.134. The Bertz CT molecular complexity index is 158. The van der Waals surface area contributed by atoms with Crippen molar-refractivity contribution < 1.29 is 19.7 Å². The molecular formula is C8H17NO4. The van der Waals surface area contributed by atoms with Crippen LogP contribution in [-0.4, -0.2) is 41.7 Å². The molecule has 1 amide bonds. The van der Waals surface area contributed by atoms with E-state index in [2.05, 4.69) is 10.1 Å². The van der Waals surface area contributed by atoms with Gasteiger partial charge in [0.1, 0.15) is 6.61 Å². The molecule has 13 heavy (non-hydrogen) atoms. The van der Waals surface area contributed by atoms with Crippen molar-refractivity contribution in [3.05, 3.63) is 0 Å². The van der Waals surface area contributed by atoms with E-state index >= 15 is 0 Å². The van der Waals surface area contributed by atoms with Crippen molar-refractivity contribution in [2.45, 2.75) is 25.9 Å². The Hall–Kier alpha value is -0.810. The summed E-state index contributed by atoms with van der Waals surface area (Å²) in [6, 6.07) is 0. The SMILES string of the molecule is CCC(C)(O)CNC(=O)OCCO. The summed E-state index contributed by atoms with van der Waals surface area (Å²) in [5.74, 6) is 0. The summed E-state index contributed by atoms with van der Waals surface area (Å²) in [7, 11) is 0. The number of carbonyl (C=O) groups excluding carboxylic acids is 1. The maximum absolute atomic E-state index is 10.8. The number of aliphatic hydroxyl groups excluding tert-OH is 1. The zero-order chi connectivity index (χ0) is 10.3. The third-order valence-corrected chi connectivity index (χ3v) is 1.70. The molecule has 5 heteroatoms. The minimum atomic E-state index is -0.905. The molecule has 78 valence electrons. The number of alkyl carbamates (subject to hydrolysis) is 1. The van der Waals surface area contributed by atoms with Crippen molar-refractivity contribution in [1.29, 1.82) is 0 Å². The molecule has 0 aromatic carbocycles. The van der Waals surface area contributed by atoms with Crippen LogP contribution in [0.15, 0.2) is 0 Å². The summed E-state index contributed by atoms with van der Waals surface area (Å²) in [5, 5.41) is 20.2. The summed E-state index contributed by atoms with van der Waals surface area (Å²) in [5.41, 5.74) is -0.905. The fourth-order valence-corrected chi connectivity index (χ4v) is 0.577. The molecule has 0 bridgehead atoms. The van der Waals surface area contributed by atoms with Crippen LogP contribution in [0, 0.1) is 0 Å². The highest BCUT2D eigenvalue weighted by molar-refractivity contribution is 5.67. The smallest absolute Gasteiger partial charge is 0.407 e. The van der Waals surface area contributed by atoms with Crippen molar-refractivity contribution in [2.75, 3.05) is 19.8 Å². The van der Waals surface area contributed by atoms with Gasteiger partial charge in [-0.1, -0.05) is 6.92 Å². The number of amides is 1. The molecule has 0 aliphatic carbocycles. The van der Waals surface area contributed by atoms with Crippen molar-refractivity contribution in [2.24, 2.45) is 0 Å². The lowest BCUT2D eigenvalue weighted by Crippen LogP contribution is -2.40. The summed E-state index contributed by atoms with van der Waals surface area (Å²) in [4.78, 5) is 10.8. The minimum absolute atomic E-state index is 0.0277. The zero-order valence-corrected chi connectivity index (χ0v) is 8.04. The maximum atomic E-state index is 10.8. The van der Waals surface area contributed by atoms with Crippen LogP contribution < -0.4 is 5.32 Å². The van der Waals surface area contributed by atoms with E-state index in [-0.39, 0.29) is 19.8 Å². The van der Waals surface area contributed by atoms with Crippen LogP contribution in [0.1, 0.15) is 20.3 Å². The van der Waals surface area contributed by atoms with Gasteiger partial charge in [0.25, 0.3) is 0 Å². The molecule has 1 atom stereocenters. The van der Waals surface area contributed by atoms with Gasteiger partial charge >= 0.3 is 6.09 Å². The van der Waals surface area contributed by atoms with Gasteiger partial charge in [-0.25, -0.2) is 4.79 Å². The zero-order valence-electron chi connectivity index (χ0n) is 8.04. The van der Waals surface area contributed by atoms with Gasteiger partial charge in [-0.3, -0.25) is 0 Å². The van der Waals surface area contributed by atoms with Gasteiger partial charge in [0.05, 0.1) is 12.2 Å². The Balaban J connectivity index is 3.57. The van der Waals surface area contributed by atoms with Crippen LogP contribution in [0.2, 0.25) is 0 Å². The standard InChI is InChI=1S/C8H17NO4/c1-3-8(2,12)6-9-7(11)13-5-4-10/h10,12H,3-6H2,1-2H3,(H,9,11). The number of nitrogens with one attached hydrogen (secondary N) is 1. The first-order valence-corrected chi connectivity index (χ1v) is 4.25. The molecule has 3 N–H and O–H groups in total. The number of carbonyl (C=O) groups is 1. The Labute approximate surface area is 77.7 Å². The first-order valence-electron chi connectivity index (χ1n) is 4.25. The molecule has 1 unspecified atom stereocenters. The molecule has 0 aliphatic rings. The van der Waals surface area contributed by atoms with E-state index in [0.29, 0.717) is 6.42 Å². The minimum Gasteiger partial charge on any atom is -0.447 e. The summed E-state index contributed by atoms with van der Waals surface area (Å²) in [6.45, 7) is 3.37. The van der Waals surface area contributed by atoms with E-state index in [9.17, 15) is 9.90 Å². The summed E-state index contributed by atoms with van der Waals surface area (Å²) in [6.07, 6.45) is -0.0735. The van der Waals surface area contributed by atoms with Gasteiger partial charge in [-0.15, -0.1) is 0 Å². The van der Waals surface area contributed by atoms with Gasteiger partial charge < -0.3 is 20.3 Å². The fourth-order valence-electron chi connectivity index (χ4n) is 0.577. The van der Waals surface area contributed by atoms with Gasteiger partial charge in [-0.2, -0.15) is 0 Å². The van der Waals surface area contributed by atoms with E-state index in [0.717, 1.165) is 0 Å². The van der Waals surface area contributed by atoms with Crippen molar-refractivity contribution in [1.82, 2.24) is 5.32 Å². The normalized spacial score (nSPS) is 14.8. The Morgan fingerprint density at radius 2 is 2.23 bits per heavy atom. The molecule has 0 saturated heterocycles. The quantitative estimate of drug-likeness (QED) is 0.565. The van der Waals surface area contributed by atoms with Crippen LogP contribution in [-0.2, 0) is 4.74 Å². The van der Waals surface area contributed by atoms with E-state index in [1.54, 1.807) is 6.92 Å². The fraction of sp³-hybridized carbons (Fsp3) is 0.875. The van der Waals surface area contributed by atoms with Crippen LogP contribution in [0.4, 0.5) is 4.79 Å². The molecule has 0 aromatic heterocycles. The first kappa shape index (κ1) is 12.2. The van der Waals surface area contributed by atoms with Crippen LogP contribution >= 0.6 is 0 Å². The maximum Gasteiger partial charge on any atom is 0.407 e. The topological polar surface area (TPSA) is 78.8 Å². The highest BCUT2D eigenvalue weighted by Gasteiger charge is 2.18. The van der Waals surface area contributed by atoms with Gasteiger partial charge in [0, 0.05) is 6.54 Å². The highest BCUT2D eigenvalue weighted by Crippen LogP contribution is 2.05.